The number of anilines is 3. The fraction of sp³-hybridized carbons (Fsp3) is 0. The second-order valence-electron chi connectivity index (χ2n) is 12.1. The van der Waals surface area contributed by atoms with Gasteiger partial charge in [-0.3, -0.25) is 0 Å². The lowest BCUT2D eigenvalue weighted by atomic mass is 9.82. The van der Waals surface area contributed by atoms with E-state index >= 15 is 0 Å². The molecule has 0 aliphatic carbocycles. The molecule has 0 fully saturated rings. The molecule has 9 rings (SSSR count). The van der Waals surface area contributed by atoms with Crippen molar-refractivity contribution in [2.45, 2.75) is 0 Å². The van der Waals surface area contributed by atoms with Gasteiger partial charge in [-0.1, -0.05) is 146 Å². The van der Waals surface area contributed by atoms with Crippen molar-refractivity contribution in [2.24, 2.45) is 0 Å². The number of fused-ring (bicyclic) bond motifs is 6. The Labute approximate surface area is 274 Å². The number of para-hydroxylation sites is 2. The van der Waals surface area contributed by atoms with Crippen LogP contribution in [0.2, 0.25) is 0 Å². The van der Waals surface area contributed by atoms with E-state index < -0.39 is 0 Å². The lowest BCUT2D eigenvalue weighted by Gasteiger charge is -2.26. The summed E-state index contributed by atoms with van der Waals surface area (Å²) in [6.45, 7) is 0. The molecule has 0 N–H and O–H groups in total. The molecule has 0 amide bonds. The van der Waals surface area contributed by atoms with Crippen LogP contribution in [0.1, 0.15) is 0 Å². The van der Waals surface area contributed by atoms with Crippen LogP contribution in [0.5, 0.6) is 0 Å². The lowest BCUT2D eigenvalue weighted by molar-refractivity contribution is 1.28. The molecule has 9 aromatic carbocycles. The third kappa shape index (κ3) is 4.56. The standard InChI is InChI=1S/C46H31N/c1-3-16-34(17-4-1)47(35-18-5-2-6-19-35)36-29-27-32(28-30-36)45-42-25-13-11-22-39(42)40-23-12-14-26-43(40)46(45)44-31-33-15-7-8-20-37(33)38-21-9-10-24-41(38)44/h1-31H. The third-order valence-corrected chi connectivity index (χ3v) is 9.41. The molecule has 0 bridgehead atoms. The molecular formula is C46H31N. The van der Waals surface area contributed by atoms with E-state index in [1.54, 1.807) is 0 Å². The molecule has 47 heavy (non-hydrogen) atoms. The van der Waals surface area contributed by atoms with E-state index in [0.29, 0.717) is 0 Å². The van der Waals surface area contributed by atoms with Gasteiger partial charge in [0.15, 0.2) is 0 Å². The van der Waals surface area contributed by atoms with Crippen LogP contribution in [0, 0.1) is 0 Å². The molecule has 0 aliphatic heterocycles. The fourth-order valence-electron chi connectivity index (χ4n) is 7.36. The number of nitrogens with zero attached hydrogens (tertiary/aromatic N) is 1. The molecular weight excluding hydrogens is 567 g/mol. The van der Waals surface area contributed by atoms with E-state index in [2.05, 4.69) is 193 Å². The summed E-state index contributed by atoms with van der Waals surface area (Å²) >= 11 is 0. The molecule has 0 unspecified atom stereocenters. The molecule has 1 heteroatoms. The smallest absolute Gasteiger partial charge is 0.0462 e. The van der Waals surface area contributed by atoms with Crippen molar-refractivity contribution in [1.82, 2.24) is 0 Å². The average molecular weight is 598 g/mol. The maximum absolute atomic E-state index is 2.40. The number of hydrogen-bond donors (Lipinski definition) is 0. The summed E-state index contributed by atoms with van der Waals surface area (Å²) in [6.07, 6.45) is 0. The first-order chi connectivity index (χ1) is 23.3. The predicted octanol–water partition coefficient (Wildman–Crippen LogP) is 13.1. The highest BCUT2D eigenvalue weighted by Gasteiger charge is 2.20. The molecule has 0 heterocycles. The van der Waals surface area contributed by atoms with Gasteiger partial charge in [0, 0.05) is 17.1 Å². The zero-order chi connectivity index (χ0) is 31.2. The highest BCUT2D eigenvalue weighted by molar-refractivity contribution is 6.25. The summed E-state index contributed by atoms with van der Waals surface area (Å²) in [5, 5.41) is 10.1. The van der Waals surface area contributed by atoms with Gasteiger partial charge < -0.3 is 4.90 Å². The first kappa shape index (κ1) is 27.2. The van der Waals surface area contributed by atoms with Crippen LogP contribution < -0.4 is 4.90 Å². The van der Waals surface area contributed by atoms with Gasteiger partial charge in [-0.2, -0.15) is 0 Å². The molecule has 220 valence electrons. The predicted molar refractivity (Wildman–Crippen MR) is 202 cm³/mol. The second kappa shape index (κ2) is 11.3. The van der Waals surface area contributed by atoms with Crippen molar-refractivity contribution in [3.8, 4) is 22.3 Å². The van der Waals surface area contributed by atoms with E-state index in [1.165, 1.54) is 65.3 Å². The minimum absolute atomic E-state index is 1.12. The molecule has 0 atom stereocenters. The highest BCUT2D eigenvalue weighted by Crippen LogP contribution is 2.48. The molecule has 0 radical (unpaired) electrons. The van der Waals surface area contributed by atoms with Crippen molar-refractivity contribution in [2.75, 3.05) is 4.90 Å². The van der Waals surface area contributed by atoms with Gasteiger partial charge in [-0.25, -0.2) is 0 Å². The first-order valence-electron chi connectivity index (χ1n) is 16.2. The van der Waals surface area contributed by atoms with Crippen LogP contribution in [-0.4, -0.2) is 0 Å². The van der Waals surface area contributed by atoms with Gasteiger partial charge in [0.1, 0.15) is 0 Å². The van der Waals surface area contributed by atoms with Gasteiger partial charge in [0.2, 0.25) is 0 Å². The summed E-state index contributed by atoms with van der Waals surface area (Å²) in [5.74, 6) is 0. The zero-order valence-corrected chi connectivity index (χ0v) is 25.8. The Balaban J connectivity index is 1.34. The summed E-state index contributed by atoms with van der Waals surface area (Å²) in [5.41, 5.74) is 8.37. The quantitative estimate of drug-likeness (QED) is 0.178. The number of benzene rings is 9. The van der Waals surface area contributed by atoms with Gasteiger partial charge >= 0.3 is 0 Å². The molecule has 0 saturated carbocycles. The van der Waals surface area contributed by atoms with Crippen molar-refractivity contribution in [1.29, 1.82) is 0 Å². The Bertz CT molecular complexity index is 2510. The highest BCUT2D eigenvalue weighted by atomic mass is 15.1. The summed E-state index contributed by atoms with van der Waals surface area (Å²) in [4.78, 5) is 2.32. The maximum Gasteiger partial charge on any atom is 0.0462 e. The zero-order valence-electron chi connectivity index (χ0n) is 25.8. The van der Waals surface area contributed by atoms with E-state index in [0.717, 1.165) is 17.1 Å². The number of hydrogen-bond acceptors (Lipinski definition) is 1. The largest absolute Gasteiger partial charge is 0.311 e. The Morgan fingerprint density at radius 1 is 0.277 bits per heavy atom. The monoisotopic (exact) mass is 597 g/mol. The van der Waals surface area contributed by atoms with Gasteiger partial charge in [-0.05, 0) is 108 Å². The van der Waals surface area contributed by atoms with Crippen LogP contribution in [0.25, 0.3) is 65.3 Å². The minimum Gasteiger partial charge on any atom is -0.311 e. The Kier molecular flexibility index (Phi) is 6.54. The fourth-order valence-corrected chi connectivity index (χ4v) is 7.36. The Hall–Kier alpha value is -6.18. The molecule has 1 nitrogen and oxygen atoms in total. The average Bonchev–Trinajstić information content (AvgIpc) is 3.15. The molecule has 0 spiro atoms. The molecule has 9 aromatic rings. The van der Waals surface area contributed by atoms with Crippen molar-refractivity contribution in [3.05, 3.63) is 188 Å². The van der Waals surface area contributed by atoms with Gasteiger partial charge in [0.25, 0.3) is 0 Å². The van der Waals surface area contributed by atoms with Crippen LogP contribution in [0.15, 0.2) is 188 Å². The Morgan fingerprint density at radius 2 is 0.681 bits per heavy atom. The van der Waals surface area contributed by atoms with Crippen molar-refractivity contribution >= 4 is 60.2 Å². The Morgan fingerprint density at radius 3 is 1.26 bits per heavy atom. The number of rotatable bonds is 5. The normalized spacial score (nSPS) is 11.4. The summed E-state index contributed by atoms with van der Waals surface area (Å²) < 4.78 is 0. The van der Waals surface area contributed by atoms with Crippen molar-refractivity contribution in [3.63, 3.8) is 0 Å². The lowest BCUT2D eigenvalue weighted by Crippen LogP contribution is -2.09. The van der Waals surface area contributed by atoms with Crippen LogP contribution >= 0.6 is 0 Å². The van der Waals surface area contributed by atoms with Gasteiger partial charge in [0.05, 0.1) is 0 Å². The SMILES string of the molecule is c1ccc(N(c2ccccc2)c2ccc(-c3c(-c4cc5ccccc5c5ccccc45)c4ccccc4c4ccccc34)cc2)cc1. The maximum atomic E-state index is 2.40. The van der Waals surface area contributed by atoms with Crippen LogP contribution in [0.3, 0.4) is 0 Å². The van der Waals surface area contributed by atoms with Crippen LogP contribution in [-0.2, 0) is 0 Å². The first-order valence-corrected chi connectivity index (χ1v) is 16.2. The van der Waals surface area contributed by atoms with E-state index in [-0.39, 0.29) is 0 Å². The van der Waals surface area contributed by atoms with Crippen molar-refractivity contribution < 1.29 is 0 Å². The van der Waals surface area contributed by atoms with Crippen LogP contribution in [0.4, 0.5) is 17.1 Å². The molecule has 0 aliphatic rings. The molecule has 0 aromatic heterocycles. The van der Waals surface area contributed by atoms with Gasteiger partial charge in [-0.15, -0.1) is 0 Å². The van der Waals surface area contributed by atoms with E-state index in [4.69, 9.17) is 0 Å². The van der Waals surface area contributed by atoms with E-state index in [9.17, 15) is 0 Å². The third-order valence-electron chi connectivity index (χ3n) is 9.41. The van der Waals surface area contributed by atoms with E-state index in [1.807, 2.05) is 0 Å². The second-order valence-corrected chi connectivity index (χ2v) is 12.1. The minimum atomic E-state index is 1.12. The summed E-state index contributed by atoms with van der Waals surface area (Å²) in [7, 11) is 0. The summed E-state index contributed by atoms with van der Waals surface area (Å²) in [6, 6.07) is 68.2. The topological polar surface area (TPSA) is 3.24 Å². The molecule has 0 saturated heterocycles.